The Bertz CT molecular complexity index is 617. The lowest BCUT2D eigenvalue weighted by molar-refractivity contribution is 1.36. The van der Waals surface area contributed by atoms with E-state index in [1.807, 2.05) is 30.6 Å². The summed E-state index contributed by atoms with van der Waals surface area (Å²) in [4.78, 5) is 8.10. The van der Waals surface area contributed by atoms with Gasteiger partial charge in [0.1, 0.15) is 0 Å². The van der Waals surface area contributed by atoms with E-state index >= 15 is 0 Å². The van der Waals surface area contributed by atoms with Crippen LogP contribution in [0, 0.1) is 0 Å². The van der Waals surface area contributed by atoms with Crippen molar-refractivity contribution in [3.05, 3.63) is 47.9 Å². The molecule has 0 saturated heterocycles. The van der Waals surface area contributed by atoms with Gasteiger partial charge < -0.3 is 0 Å². The quantitative estimate of drug-likeness (QED) is 0.630. The van der Waals surface area contributed by atoms with Gasteiger partial charge in [-0.2, -0.15) is 0 Å². The molecule has 0 fully saturated rings. The average molecular weight is 192 g/mol. The standard InChI is InChI=1S/C13H8N2/c1-2-11-9-15-8-5-13(11)12-4-7-14-6-3-10(1)12/h1-5,7-9H. The van der Waals surface area contributed by atoms with Gasteiger partial charge in [-0.15, -0.1) is 0 Å². The number of pyridine rings is 1. The minimum atomic E-state index is 1.14. The molecule has 0 aliphatic carbocycles. The number of aliphatic imine (C=N–C) groups is 1. The Hall–Kier alpha value is -2.18. The smallest absolute Gasteiger partial charge is 0.0374 e. The van der Waals surface area contributed by atoms with Crippen LogP contribution in [0.2, 0.25) is 0 Å². The Balaban J connectivity index is 2.45. The van der Waals surface area contributed by atoms with Gasteiger partial charge in [0.05, 0.1) is 0 Å². The topological polar surface area (TPSA) is 25.2 Å². The molecule has 1 aliphatic heterocycles. The van der Waals surface area contributed by atoms with Gasteiger partial charge in [0, 0.05) is 30.1 Å². The third-order valence-corrected chi connectivity index (χ3v) is 2.51. The maximum atomic E-state index is 4.11. The average Bonchev–Trinajstić information content (AvgIpc) is 2.54. The SMILES string of the molecule is C1=Cc2ccc3cnccc3c2C=CN=1. The maximum Gasteiger partial charge on any atom is 0.0374 e. The van der Waals surface area contributed by atoms with Crippen molar-refractivity contribution in [2.75, 3.05) is 0 Å². The van der Waals surface area contributed by atoms with E-state index in [4.69, 9.17) is 0 Å². The van der Waals surface area contributed by atoms with Crippen molar-refractivity contribution < 1.29 is 0 Å². The number of fused-ring (bicyclic) bond motifs is 3. The van der Waals surface area contributed by atoms with E-state index in [-0.39, 0.29) is 0 Å². The second-order valence-corrected chi connectivity index (χ2v) is 3.38. The van der Waals surface area contributed by atoms with Gasteiger partial charge in [0.2, 0.25) is 0 Å². The molecule has 0 N–H and O–H groups in total. The molecule has 0 amide bonds. The molecule has 70 valence electrons. The fraction of sp³-hybridized carbons (Fsp3) is 0. The second-order valence-electron chi connectivity index (χ2n) is 3.38. The van der Waals surface area contributed by atoms with Crippen molar-refractivity contribution in [3.8, 4) is 0 Å². The summed E-state index contributed by atoms with van der Waals surface area (Å²) < 4.78 is 0. The van der Waals surface area contributed by atoms with Gasteiger partial charge in [-0.05, 0) is 34.5 Å². The predicted molar refractivity (Wildman–Crippen MR) is 62.7 cm³/mol. The van der Waals surface area contributed by atoms with Crippen molar-refractivity contribution in [2.45, 2.75) is 0 Å². The molecule has 15 heavy (non-hydrogen) atoms. The largest absolute Gasteiger partial charge is 0.264 e. The van der Waals surface area contributed by atoms with Crippen LogP contribution in [0.15, 0.2) is 41.8 Å². The first-order chi connectivity index (χ1) is 7.45. The Morgan fingerprint density at radius 3 is 3.13 bits per heavy atom. The monoisotopic (exact) mass is 192 g/mol. The molecule has 3 rings (SSSR count). The van der Waals surface area contributed by atoms with Crippen LogP contribution in [0.1, 0.15) is 11.1 Å². The molecule has 2 nitrogen and oxygen atoms in total. The van der Waals surface area contributed by atoms with Gasteiger partial charge in [-0.25, -0.2) is 4.99 Å². The summed E-state index contributed by atoms with van der Waals surface area (Å²) in [5.41, 5.74) is 2.33. The Kier molecular flexibility index (Phi) is 1.74. The third kappa shape index (κ3) is 1.28. The van der Waals surface area contributed by atoms with E-state index < -0.39 is 0 Å². The number of aromatic nitrogens is 1. The molecule has 1 aliphatic rings. The zero-order chi connectivity index (χ0) is 10.1. The van der Waals surface area contributed by atoms with Gasteiger partial charge in [0.25, 0.3) is 0 Å². The highest BCUT2D eigenvalue weighted by atomic mass is 14.6. The fourth-order valence-corrected chi connectivity index (χ4v) is 1.78. The normalized spacial score (nSPS) is 12.8. The summed E-state index contributed by atoms with van der Waals surface area (Å²) in [5.74, 6) is 2.87. The third-order valence-electron chi connectivity index (χ3n) is 2.51. The lowest BCUT2D eigenvalue weighted by Crippen LogP contribution is -1.84. The zero-order valence-electron chi connectivity index (χ0n) is 8.01. The van der Waals surface area contributed by atoms with Crippen LogP contribution in [0.4, 0.5) is 0 Å². The van der Waals surface area contributed by atoms with Crippen molar-refractivity contribution in [2.24, 2.45) is 4.99 Å². The summed E-state index contributed by atoms with van der Waals surface area (Å²) >= 11 is 0. The molecule has 0 radical (unpaired) electrons. The number of hydrogen-bond acceptors (Lipinski definition) is 2. The first-order valence-corrected chi connectivity index (χ1v) is 4.77. The number of hydrogen-bond donors (Lipinski definition) is 0. The van der Waals surface area contributed by atoms with Crippen LogP contribution in [0.3, 0.4) is 0 Å². The number of benzene rings is 1. The Morgan fingerprint density at radius 2 is 2.13 bits per heavy atom. The molecular weight excluding hydrogens is 184 g/mol. The summed E-state index contributed by atoms with van der Waals surface area (Å²) in [6, 6.07) is 6.16. The van der Waals surface area contributed by atoms with Crippen LogP contribution in [0.25, 0.3) is 22.9 Å². The molecular formula is C13H8N2. The van der Waals surface area contributed by atoms with E-state index in [0.717, 1.165) is 10.9 Å². The molecule has 1 aromatic carbocycles. The van der Waals surface area contributed by atoms with Gasteiger partial charge in [-0.3, -0.25) is 4.98 Å². The lowest BCUT2D eigenvalue weighted by Gasteiger charge is -2.04. The summed E-state index contributed by atoms with van der Waals surface area (Å²) in [6.45, 7) is 0. The zero-order valence-corrected chi connectivity index (χ0v) is 8.01. The fourth-order valence-electron chi connectivity index (χ4n) is 1.78. The van der Waals surface area contributed by atoms with Crippen molar-refractivity contribution in [3.63, 3.8) is 0 Å². The van der Waals surface area contributed by atoms with E-state index in [1.54, 1.807) is 6.20 Å². The number of rotatable bonds is 0. The van der Waals surface area contributed by atoms with Crippen LogP contribution >= 0.6 is 0 Å². The minimum Gasteiger partial charge on any atom is -0.264 e. The molecule has 1 aromatic heterocycles. The van der Waals surface area contributed by atoms with E-state index in [0.29, 0.717) is 0 Å². The Morgan fingerprint density at radius 1 is 1.13 bits per heavy atom. The molecule has 0 atom stereocenters. The highest BCUT2D eigenvalue weighted by Gasteiger charge is 2.03. The molecule has 0 unspecified atom stereocenters. The first kappa shape index (κ1) is 8.16. The molecule has 2 heteroatoms. The van der Waals surface area contributed by atoms with Crippen LogP contribution < -0.4 is 0 Å². The highest BCUT2D eigenvalue weighted by molar-refractivity contribution is 5.97. The molecule has 2 aromatic rings. The summed E-state index contributed by atoms with van der Waals surface area (Å²) in [7, 11) is 0. The molecule has 0 saturated carbocycles. The van der Waals surface area contributed by atoms with Crippen LogP contribution in [-0.2, 0) is 0 Å². The van der Waals surface area contributed by atoms with Gasteiger partial charge in [-0.1, -0.05) is 12.1 Å². The minimum absolute atomic E-state index is 1.14. The summed E-state index contributed by atoms with van der Waals surface area (Å²) in [6.07, 6.45) is 9.36. The lowest BCUT2D eigenvalue weighted by atomic mass is 10.0. The van der Waals surface area contributed by atoms with Gasteiger partial charge in [0.15, 0.2) is 0 Å². The van der Waals surface area contributed by atoms with Crippen LogP contribution in [-0.4, -0.2) is 10.9 Å². The van der Waals surface area contributed by atoms with Crippen molar-refractivity contribution in [1.82, 2.24) is 4.98 Å². The molecule has 0 bridgehead atoms. The van der Waals surface area contributed by atoms with E-state index in [9.17, 15) is 0 Å². The Labute approximate surface area is 87.3 Å². The van der Waals surface area contributed by atoms with Crippen molar-refractivity contribution in [1.29, 1.82) is 0 Å². The second kappa shape index (κ2) is 3.19. The summed E-state index contributed by atoms with van der Waals surface area (Å²) in [5, 5.41) is 2.35. The maximum absolute atomic E-state index is 4.11. The predicted octanol–water partition coefficient (Wildman–Crippen LogP) is 2.90. The first-order valence-electron chi connectivity index (χ1n) is 4.77. The van der Waals surface area contributed by atoms with Crippen LogP contribution in [0.5, 0.6) is 0 Å². The molecule has 2 heterocycles. The van der Waals surface area contributed by atoms with Crippen molar-refractivity contribution >= 4 is 28.8 Å². The van der Waals surface area contributed by atoms with E-state index in [2.05, 4.69) is 28.0 Å². The van der Waals surface area contributed by atoms with Gasteiger partial charge >= 0.3 is 0 Å². The number of nitrogens with zero attached hydrogens (tertiary/aromatic N) is 2. The molecule has 0 spiro atoms. The van der Waals surface area contributed by atoms with E-state index in [1.165, 1.54) is 10.9 Å². The highest BCUT2D eigenvalue weighted by Crippen LogP contribution is 2.24.